The Bertz CT molecular complexity index is 660. The lowest BCUT2D eigenvalue weighted by molar-refractivity contribution is 0.0910. The summed E-state index contributed by atoms with van der Waals surface area (Å²) in [6, 6.07) is 8.81. The monoisotopic (exact) mass is 323 g/mol. The minimum atomic E-state index is -0.175. The molecule has 0 spiro atoms. The van der Waals surface area contributed by atoms with Gasteiger partial charge in [-0.2, -0.15) is 0 Å². The number of amides is 1. The number of nitrogens with one attached hydrogen (secondary N) is 1. The Morgan fingerprint density at radius 2 is 1.90 bits per heavy atom. The van der Waals surface area contributed by atoms with Gasteiger partial charge in [0.05, 0.1) is 5.02 Å². The Balaban J connectivity index is 1.79. The van der Waals surface area contributed by atoms with Crippen molar-refractivity contribution < 1.29 is 9.21 Å². The molecule has 1 heterocycles. The highest BCUT2D eigenvalue weighted by Gasteiger charge is 2.20. The van der Waals surface area contributed by atoms with Gasteiger partial charge >= 0.3 is 0 Å². The van der Waals surface area contributed by atoms with Gasteiger partial charge in [0.15, 0.2) is 5.76 Å². The quantitative estimate of drug-likeness (QED) is 0.870. The van der Waals surface area contributed by atoms with Crippen LogP contribution in [-0.4, -0.2) is 11.9 Å². The second kappa shape index (κ2) is 6.12. The molecule has 0 radical (unpaired) electrons. The molecule has 3 rings (SSSR count). The predicted octanol–water partition coefficient (Wildman–Crippen LogP) is 4.93. The molecule has 2 aromatic rings. The first-order valence-electron chi connectivity index (χ1n) is 6.99. The number of hydrogen-bond acceptors (Lipinski definition) is 2. The Morgan fingerprint density at radius 1 is 1.14 bits per heavy atom. The van der Waals surface area contributed by atoms with Crippen molar-refractivity contribution in [1.29, 1.82) is 0 Å². The Labute approximate surface area is 133 Å². The summed E-state index contributed by atoms with van der Waals surface area (Å²) in [5.74, 6) is 0.665. The van der Waals surface area contributed by atoms with Crippen LogP contribution in [0.2, 0.25) is 10.0 Å². The molecule has 3 nitrogen and oxygen atoms in total. The first-order valence-corrected chi connectivity index (χ1v) is 7.75. The third-order valence-corrected chi connectivity index (χ3v) is 4.28. The first-order chi connectivity index (χ1) is 10.1. The second-order valence-corrected chi connectivity index (χ2v) is 6.09. The molecule has 1 amide bonds. The highest BCUT2D eigenvalue weighted by Crippen LogP contribution is 2.31. The van der Waals surface area contributed by atoms with Crippen LogP contribution >= 0.6 is 23.2 Å². The topological polar surface area (TPSA) is 42.2 Å². The summed E-state index contributed by atoms with van der Waals surface area (Å²) in [5, 5.41) is 4.10. The lowest BCUT2D eigenvalue weighted by atomic mass is 10.2. The van der Waals surface area contributed by atoms with Crippen molar-refractivity contribution in [3.63, 3.8) is 0 Å². The SMILES string of the molecule is O=C(NC1CCCC1)c1ccc(-c2cc(Cl)ccc2Cl)o1. The molecule has 1 aliphatic rings. The van der Waals surface area contributed by atoms with Gasteiger partial charge < -0.3 is 9.73 Å². The molecular weight excluding hydrogens is 309 g/mol. The third-order valence-electron chi connectivity index (χ3n) is 3.71. The highest BCUT2D eigenvalue weighted by molar-refractivity contribution is 6.35. The number of rotatable bonds is 3. The van der Waals surface area contributed by atoms with Crippen LogP contribution in [0, 0.1) is 0 Å². The van der Waals surface area contributed by atoms with Gasteiger partial charge in [-0.3, -0.25) is 4.79 Å². The minimum Gasteiger partial charge on any atom is -0.451 e. The summed E-state index contributed by atoms with van der Waals surface area (Å²) in [4.78, 5) is 12.1. The normalized spacial score (nSPS) is 15.3. The minimum absolute atomic E-state index is 0.175. The van der Waals surface area contributed by atoms with Crippen LogP contribution < -0.4 is 5.32 Å². The third kappa shape index (κ3) is 3.25. The molecule has 1 N–H and O–H groups in total. The molecule has 5 heteroatoms. The van der Waals surface area contributed by atoms with E-state index < -0.39 is 0 Å². The van der Waals surface area contributed by atoms with E-state index in [0.717, 1.165) is 12.8 Å². The highest BCUT2D eigenvalue weighted by atomic mass is 35.5. The fraction of sp³-hybridized carbons (Fsp3) is 0.312. The van der Waals surface area contributed by atoms with Crippen molar-refractivity contribution in [2.75, 3.05) is 0 Å². The van der Waals surface area contributed by atoms with Crippen LogP contribution in [0.3, 0.4) is 0 Å². The van der Waals surface area contributed by atoms with Gasteiger partial charge in [0.25, 0.3) is 5.91 Å². The Kier molecular flexibility index (Phi) is 4.22. The lowest BCUT2D eigenvalue weighted by Crippen LogP contribution is -2.32. The molecule has 1 aliphatic carbocycles. The molecule has 1 fully saturated rings. The fourth-order valence-corrected chi connectivity index (χ4v) is 3.00. The molecule has 1 aromatic carbocycles. The lowest BCUT2D eigenvalue weighted by Gasteiger charge is -2.10. The molecule has 1 aromatic heterocycles. The fourth-order valence-electron chi connectivity index (χ4n) is 2.62. The summed E-state index contributed by atoms with van der Waals surface area (Å²) in [7, 11) is 0. The van der Waals surface area contributed by atoms with E-state index in [4.69, 9.17) is 27.6 Å². The van der Waals surface area contributed by atoms with Crippen molar-refractivity contribution in [1.82, 2.24) is 5.32 Å². The Hall–Kier alpha value is -1.45. The van der Waals surface area contributed by atoms with Crippen molar-refractivity contribution in [3.8, 4) is 11.3 Å². The van der Waals surface area contributed by atoms with Crippen LogP contribution in [-0.2, 0) is 0 Å². The molecule has 0 saturated heterocycles. The number of halogens is 2. The first kappa shape index (κ1) is 14.5. The van der Waals surface area contributed by atoms with E-state index in [-0.39, 0.29) is 11.9 Å². The number of hydrogen-bond donors (Lipinski definition) is 1. The van der Waals surface area contributed by atoms with Crippen molar-refractivity contribution >= 4 is 29.1 Å². The summed E-state index contributed by atoms with van der Waals surface area (Å²) in [6.45, 7) is 0. The molecule has 21 heavy (non-hydrogen) atoms. The standard InChI is InChI=1S/C16H15Cl2NO2/c17-10-5-6-13(18)12(9-10)14-7-8-15(21-14)16(20)19-11-3-1-2-4-11/h5-9,11H,1-4H2,(H,19,20). The zero-order valence-corrected chi connectivity index (χ0v) is 12.9. The van der Waals surface area contributed by atoms with Crippen LogP contribution in [0.25, 0.3) is 11.3 Å². The zero-order valence-electron chi connectivity index (χ0n) is 11.4. The molecule has 0 atom stereocenters. The van der Waals surface area contributed by atoms with Gasteiger partial charge in [0, 0.05) is 16.6 Å². The summed E-state index contributed by atoms with van der Waals surface area (Å²) < 4.78 is 5.62. The van der Waals surface area contributed by atoms with Gasteiger partial charge in [-0.15, -0.1) is 0 Å². The predicted molar refractivity (Wildman–Crippen MR) is 83.9 cm³/mol. The van der Waals surface area contributed by atoms with Gasteiger partial charge in [-0.25, -0.2) is 0 Å². The Morgan fingerprint density at radius 3 is 2.67 bits per heavy atom. The van der Waals surface area contributed by atoms with E-state index in [1.54, 1.807) is 30.3 Å². The van der Waals surface area contributed by atoms with E-state index in [0.29, 0.717) is 27.1 Å². The van der Waals surface area contributed by atoms with Crippen LogP contribution in [0.4, 0.5) is 0 Å². The van der Waals surface area contributed by atoms with Crippen LogP contribution in [0.15, 0.2) is 34.7 Å². The van der Waals surface area contributed by atoms with E-state index in [1.165, 1.54) is 12.8 Å². The molecular formula is C16H15Cl2NO2. The molecule has 0 bridgehead atoms. The average molecular weight is 324 g/mol. The molecule has 0 unspecified atom stereocenters. The van der Waals surface area contributed by atoms with Crippen LogP contribution in [0.5, 0.6) is 0 Å². The van der Waals surface area contributed by atoms with Crippen molar-refractivity contribution in [2.45, 2.75) is 31.7 Å². The van der Waals surface area contributed by atoms with Gasteiger partial charge in [0.2, 0.25) is 0 Å². The number of furan rings is 1. The molecule has 1 saturated carbocycles. The summed E-state index contributed by atoms with van der Waals surface area (Å²) in [6.07, 6.45) is 4.43. The second-order valence-electron chi connectivity index (χ2n) is 5.24. The summed E-state index contributed by atoms with van der Waals surface area (Å²) >= 11 is 12.1. The van der Waals surface area contributed by atoms with Gasteiger partial charge in [0.1, 0.15) is 5.76 Å². The van der Waals surface area contributed by atoms with Crippen LogP contribution in [0.1, 0.15) is 36.2 Å². The van der Waals surface area contributed by atoms with Crippen molar-refractivity contribution in [2.24, 2.45) is 0 Å². The number of carbonyl (C=O) groups is 1. The number of carbonyl (C=O) groups excluding carboxylic acids is 1. The molecule has 110 valence electrons. The van der Waals surface area contributed by atoms with Gasteiger partial charge in [-0.05, 0) is 43.2 Å². The van der Waals surface area contributed by atoms with E-state index in [1.807, 2.05) is 0 Å². The van der Waals surface area contributed by atoms with E-state index in [9.17, 15) is 4.79 Å². The maximum Gasteiger partial charge on any atom is 0.287 e. The average Bonchev–Trinajstić information content (AvgIpc) is 3.12. The van der Waals surface area contributed by atoms with E-state index >= 15 is 0 Å². The smallest absolute Gasteiger partial charge is 0.287 e. The van der Waals surface area contributed by atoms with E-state index in [2.05, 4.69) is 5.32 Å². The maximum atomic E-state index is 12.1. The molecule has 0 aliphatic heterocycles. The zero-order chi connectivity index (χ0) is 14.8. The summed E-state index contributed by atoms with van der Waals surface area (Å²) in [5.41, 5.74) is 0.684. The van der Waals surface area contributed by atoms with Gasteiger partial charge in [-0.1, -0.05) is 36.0 Å². The largest absolute Gasteiger partial charge is 0.451 e. The number of benzene rings is 1. The maximum absolute atomic E-state index is 12.1. The van der Waals surface area contributed by atoms with Crippen molar-refractivity contribution in [3.05, 3.63) is 46.1 Å².